The fourth-order valence-corrected chi connectivity index (χ4v) is 2.33. The van der Waals surface area contributed by atoms with E-state index in [0.29, 0.717) is 6.42 Å². The quantitative estimate of drug-likeness (QED) is 0.887. The molecule has 0 saturated heterocycles. The molecule has 1 heterocycles. The largest absolute Gasteiger partial charge is 0.387 e. The summed E-state index contributed by atoms with van der Waals surface area (Å²) in [5.74, 6) is 0. The molecule has 3 nitrogen and oxygen atoms in total. The average molecular weight is 234 g/mol. The third-order valence-corrected chi connectivity index (χ3v) is 3.43. The van der Waals surface area contributed by atoms with Crippen molar-refractivity contribution in [1.29, 1.82) is 0 Å². The smallest absolute Gasteiger partial charge is 0.0957 e. The Morgan fingerprint density at radius 3 is 2.81 bits per heavy atom. The maximum atomic E-state index is 10.1. The first-order valence-electron chi connectivity index (χ1n) is 5.19. The molecule has 1 aromatic heterocycles. The van der Waals surface area contributed by atoms with Gasteiger partial charge in [-0.05, 0) is 30.9 Å². The molecule has 2 aromatic rings. The van der Waals surface area contributed by atoms with Crippen molar-refractivity contribution in [3.63, 3.8) is 0 Å². The highest BCUT2D eigenvalue weighted by atomic mass is 32.1. The van der Waals surface area contributed by atoms with E-state index in [2.05, 4.69) is 28.6 Å². The van der Waals surface area contributed by atoms with E-state index in [1.165, 1.54) is 17.1 Å². The van der Waals surface area contributed by atoms with E-state index in [1.807, 2.05) is 19.1 Å². The molecule has 16 heavy (non-hydrogen) atoms. The van der Waals surface area contributed by atoms with Gasteiger partial charge in [0, 0.05) is 6.42 Å². The zero-order valence-corrected chi connectivity index (χ0v) is 10.2. The van der Waals surface area contributed by atoms with Crippen molar-refractivity contribution in [1.82, 2.24) is 9.59 Å². The van der Waals surface area contributed by atoms with E-state index in [-0.39, 0.29) is 0 Å². The minimum absolute atomic E-state index is 0.498. The second-order valence-corrected chi connectivity index (χ2v) is 4.72. The van der Waals surface area contributed by atoms with Crippen LogP contribution in [0.1, 0.15) is 27.8 Å². The zero-order valence-electron chi connectivity index (χ0n) is 9.34. The predicted octanol–water partition coefficient (Wildman–Crippen LogP) is 2.43. The first-order chi connectivity index (χ1) is 7.66. The molecule has 84 valence electrons. The molecular formula is C12H14N2OS. The summed E-state index contributed by atoms with van der Waals surface area (Å²) < 4.78 is 3.83. The van der Waals surface area contributed by atoms with Gasteiger partial charge in [0.25, 0.3) is 0 Å². The molecule has 0 aliphatic carbocycles. The van der Waals surface area contributed by atoms with Crippen LogP contribution in [0.15, 0.2) is 24.3 Å². The van der Waals surface area contributed by atoms with Gasteiger partial charge in [-0.2, -0.15) is 0 Å². The van der Waals surface area contributed by atoms with Crippen LogP contribution < -0.4 is 0 Å². The molecular weight excluding hydrogens is 220 g/mol. The summed E-state index contributed by atoms with van der Waals surface area (Å²) in [5.41, 5.74) is 3.18. The summed E-state index contributed by atoms with van der Waals surface area (Å²) in [6.07, 6.45) is 0.119. The molecule has 0 aliphatic heterocycles. The topological polar surface area (TPSA) is 46.0 Å². The summed E-state index contributed by atoms with van der Waals surface area (Å²) in [6, 6.07) is 8.18. The third kappa shape index (κ3) is 2.46. The van der Waals surface area contributed by atoms with Gasteiger partial charge in [-0.25, -0.2) is 0 Å². The third-order valence-electron chi connectivity index (χ3n) is 2.50. The van der Waals surface area contributed by atoms with E-state index in [0.717, 1.165) is 16.1 Å². The summed E-state index contributed by atoms with van der Waals surface area (Å²) >= 11 is 1.27. The van der Waals surface area contributed by atoms with Crippen LogP contribution in [0.2, 0.25) is 0 Å². The molecule has 4 heteroatoms. The van der Waals surface area contributed by atoms with Crippen molar-refractivity contribution in [3.05, 3.63) is 46.0 Å². The molecule has 0 amide bonds. The highest BCUT2D eigenvalue weighted by molar-refractivity contribution is 7.05. The number of rotatable bonds is 3. The lowest BCUT2D eigenvalue weighted by molar-refractivity contribution is 0.181. The highest BCUT2D eigenvalue weighted by Gasteiger charge is 2.14. The van der Waals surface area contributed by atoms with E-state index >= 15 is 0 Å². The SMILES string of the molecule is Cc1cccc(CC(O)c2snnc2C)c1. The Kier molecular flexibility index (Phi) is 3.31. The van der Waals surface area contributed by atoms with Crippen LogP contribution in [0.25, 0.3) is 0 Å². The monoisotopic (exact) mass is 234 g/mol. The Balaban J connectivity index is 2.14. The van der Waals surface area contributed by atoms with E-state index in [4.69, 9.17) is 0 Å². The van der Waals surface area contributed by atoms with Gasteiger partial charge < -0.3 is 5.11 Å². The number of nitrogens with zero attached hydrogens (tertiary/aromatic N) is 2. The van der Waals surface area contributed by atoms with Crippen molar-refractivity contribution >= 4 is 11.5 Å². The Morgan fingerprint density at radius 1 is 1.38 bits per heavy atom. The van der Waals surface area contributed by atoms with E-state index < -0.39 is 6.10 Å². The molecule has 1 aromatic carbocycles. The Bertz CT molecular complexity index is 481. The number of aryl methyl sites for hydroxylation is 2. The van der Waals surface area contributed by atoms with Crippen LogP contribution in [0.4, 0.5) is 0 Å². The van der Waals surface area contributed by atoms with Gasteiger partial charge >= 0.3 is 0 Å². The lowest BCUT2D eigenvalue weighted by Gasteiger charge is -2.09. The fourth-order valence-electron chi connectivity index (χ4n) is 1.70. The summed E-state index contributed by atoms with van der Waals surface area (Å²) in [5, 5.41) is 14.0. The minimum Gasteiger partial charge on any atom is -0.387 e. The van der Waals surface area contributed by atoms with Gasteiger partial charge in [0.05, 0.1) is 16.7 Å². The van der Waals surface area contributed by atoms with Gasteiger partial charge in [-0.3, -0.25) is 0 Å². The Hall–Kier alpha value is -1.26. The molecule has 1 atom stereocenters. The summed E-state index contributed by atoms with van der Waals surface area (Å²) in [7, 11) is 0. The number of aliphatic hydroxyl groups is 1. The minimum atomic E-state index is -0.498. The van der Waals surface area contributed by atoms with Crippen molar-refractivity contribution in [3.8, 4) is 0 Å². The van der Waals surface area contributed by atoms with Crippen molar-refractivity contribution in [2.24, 2.45) is 0 Å². The van der Waals surface area contributed by atoms with E-state index in [9.17, 15) is 5.11 Å². The molecule has 1 unspecified atom stereocenters. The van der Waals surface area contributed by atoms with Gasteiger partial charge in [-0.15, -0.1) is 5.10 Å². The Morgan fingerprint density at radius 2 is 2.19 bits per heavy atom. The number of benzene rings is 1. The fraction of sp³-hybridized carbons (Fsp3) is 0.333. The van der Waals surface area contributed by atoms with Crippen LogP contribution in [0, 0.1) is 13.8 Å². The normalized spacial score (nSPS) is 12.7. The van der Waals surface area contributed by atoms with Crippen LogP contribution in [0.3, 0.4) is 0 Å². The van der Waals surface area contributed by atoms with Gasteiger partial charge in [0.15, 0.2) is 0 Å². The average Bonchev–Trinajstić information content (AvgIpc) is 2.64. The molecule has 0 aliphatic rings. The van der Waals surface area contributed by atoms with Crippen LogP contribution in [-0.4, -0.2) is 14.7 Å². The highest BCUT2D eigenvalue weighted by Crippen LogP contribution is 2.23. The van der Waals surface area contributed by atoms with Crippen molar-refractivity contribution in [2.45, 2.75) is 26.4 Å². The summed E-state index contributed by atoms with van der Waals surface area (Å²) in [6.45, 7) is 3.92. The Labute approximate surface area is 98.9 Å². The molecule has 0 radical (unpaired) electrons. The van der Waals surface area contributed by atoms with Crippen LogP contribution in [-0.2, 0) is 6.42 Å². The second kappa shape index (κ2) is 4.72. The number of aliphatic hydroxyl groups excluding tert-OH is 1. The summed E-state index contributed by atoms with van der Waals surface area (Å²) in [4.78, 5) is 0.863. The van der Waals surface area contributed by atoms with Crippen molar-refractivity contribution in [2.75, 3.05) is 0 Å². The molecule has 0 fully saturated rings. The van der Waals surface area contributed by atoms with Crippen LogP contribution >= 0.6 is 11.5 Å². The lowest BCUT2D eigenvalue weighted by atomic mass is 10.0. The maximum absolute atomic E-state index is 10.1. The van der Waals surface area contributed by atoms with Crippen molar-refractivity contribution < 1.29 is 5.11 Å². The first kappa shape index (κ1) is 11.2. The molecule has 0 spiro atoms. The predicted molar refractivity (Wildman–Crippen MR) is 64.5 cm³/mol. The second-order valence-electron chi connectivity index (χ2n) is 3.93. The van der Waals surface area contributed by atoms with E-state index in [1.54, 1.807) is 0 Å². The first-order valence-corrected chi connectivity index (χ1v) is 5.96. The molecule has 1 N–H and O–H groups in total. The van der Waals surface area contributed by atoms with Gasteiger partial charge in [0.2, 0.25) is 0 Å². The number of aromatic nitrogens is 2. The molecule has 0 bridgehead atoms. The zero-order chi connectivity index (χ0) is 11.5. The number of hydrogen-bond donors (Lipinski definition) is 1. The van der Waals surface area contributed by atoms with Gasteiger partial charge in [0.1, 0.15) is 0 Å². The van der Waals surface area contributed by atoms with Gasteiger partial charge in [-0.1, -0.05) is 34.3 Å². The molecule has 2 rings (SSSR count). The standard InChI is InChI=1S/C12H14N2OS/c1-8-4-3-5-10(6-8)7-11(15)12-9(2)13-14-16-12/h3-6,11,15H,7H2,1-2H3. The number of hydrogen-bond acceptors (Lipinski definition) is 4. The molecule has 0 saturated carbocycles. The lowest BCUT2D eigenvalue weighted by Crippen LogP contribution is -2.01. The van der Waals surface area contributed by atoms with Crippen LogP contribution in [0.5, 0.6) is 0 Å². The maximum Gasteiger partial charge on any atom is 0.0957 e.